The van der Waals surface area contributed by atoms with Crippen molar-refractivity contribution in [2.75, 3.05) is 10.7 Å². The van der Waals surface area contributed by atoms with Gasteiger partial charge in [-0.2, -0.15) is 0 Å². The van der Waals surface area contributed by atoms with Crippen LogP contribution < -0.4 is 16.1 Å². The summed E-state index contributed by atoms with van der Waals surface area (Å²) in [6.07, 6.45) is 3.25. The first kappa shape index (κ1) is 17.1. The third-order valence-electron chi connectivity index (χ3n) is 4.20. The lowest BCUT2D eigenvalue weighted by Crippen LogP contribution is -2.43. The number of anilines is 2. The summed E-state index contributed by atoms with van der Waals surface area (Å²) in [4.78, 5) is 34.9. The quantitative estimate of drug-likeness (QED) is 0.423. The highest BCUT2D eigenvalue weighted by atomic mass is 16.4. The normalized spacial score (nSPS) is 17.3. The SMILES string of the molecule is CC(C=O)N(Nc1cccc(C(=O)NC2CC2)c1NC1CC1)C(=O)O. The zero-order chi connectivity index (χ0) is 18.0. The van der Waals surface area contributed by atoms with Crippen molar-refractivity contribution in [3.8, 4) is 0 Å². The van der Waals surface area contributed by atoms with Gasteiger partial charge < -0.3 is 20.5 Å². The van der Waals surface area contributed by atoms with Gasteiger partial charge in [0.2, 0.25) is 0 Å². The summed E-state index contributed by atoms with van der Waals surface area (Å²) in [5, 5.41) is 16.4. The Balaban J connectivity index is 1.89. The molecule has 0 heterocycles. The first-order chi connectivity index (χ1) is 12.0. The largest absolute Gasteiger partial charge is 0.464 e. The second-order valence-corrected chi connectivity index (χ2v) is 6.54. The fraction of sp³-hybridized carbons (Fsp3) is 0.471. The lowest BCUT2D eigenvalue weighted by Gasteiger charge is -2.26. The van der Waals surface area contributed by atoms with E-state index in [-0.39, 0.29) is 18.0 Å². The maximum absolute atomic E-state index is 12.5. The fourth-order valence-corrected chi connectivity index (χ4v) is 2.43. The van der Waals surface area contributed by atoms with Crippen molar-refractivity contribution in [2.24, 2.45) is 0 Å². The Labute approximate surface area is 145 Å². The van der Waals surface area contributed by atoms with Crippen LogP contribution in [0.5, 0.6) is 0 Å². The van der Waals surface area contributed by atoms with Gasteiger partial charge in [0.05, 0.1) is 16.9 Å². The number of amides is 2. The van der Waals surface area contributed by atoms with E-state index >= 15 is 0 Å². The van der Waals surface area contributed by atoms with Crippen molar-refractivity contribution < 1.29 is 19.5 Å². The van der Waals surface area contributed by atoms with Gasteiger partial charge in [0, 0.05) is 12.1 Å². The summed E-state index contributed by atoms with van der Waals surface area (Å²) < 4.78 is 0. The molecule has 8 nitrogen and oxygen atoms in total. The van der Waals surface area contributed by atoms with Gasteiger partial charge in [-0.1, -0.05) is 6.07 Å². The molecule has 4 N–H and O–H groups in total. The molecule has 1 unspecified atom stereocenters. The second kappa shape index (κ2) is 7.00. The standard InChI is InChI=1S/C17H22N4O4/c1-10(9-22)21(17(24)25)20-14-4-2-3-13(15(14)18-11-5-6-11)16(23)19-12-7-8-12/h2-4,9-12,18,20H,5-8H2,1H3,(H,19,23)(H,24,25). The summed E-state index contributed by atoms with van der Waals surface area (Å²) in [5.74, 6) is -0.181. The van der Waals surface area contributed by atoms with Crippen molar-refractivity contribution in [3.63, 3.8) is 0 Å². The van der Waals surface area contributed by atoms with Gasteiger partial charge in [0.15, 0.2) is 0 Å². The Kier molecular flexibility index (Phi) is 4.78. The van der Waals surface area contributed by atoms with Crippen LogP contribution in [0.1, 0.15) is 43.0 Å². The first-order valence-electron chi connectivity index (χ1n) is 8.44. The van der Waals surface area contributed by atoms with E-state index in [9.17, 15) is 19.5 Å². The number of nitrogens with one attached hydrogen (secondary N) is 3. The molecule has 0 aromatic heterocycles. The van der Waals surface area contributed by atoms with E-state index in [2.05, 4.69) is 16.1 Å². The molecule has 134 valence electrons. The molecule has 8 heteroatoms. The van der Waals surface area contributed by atoms with Crippen molar-refractivity contribution in [1.82, 2.24) is 10.3 Å². The third kappa shape index (κ3) is 4.20. The lowest BCUT2D eigenvalue weighted by atomic mass is 10.1. The molecule has 1 aromatic carbocycles. The van der Waals surface area contributed by atoms with E-state index in [1.807, 2.05) is 0 Å². The Morgan fingerprint density at radius 2 is 1.92 bits per heavy atom. The van der Waals surface area contributed by atoms with E-state index in [1.54, 1.807) is 18.2 Å². The van der Waals surface area contributed by atoms with Crippen molar-refractivity contribution in [2.45, 2.75) is 50.7 Å². The van der Waals surface area contributed by atoms with Gasteiger partial charge in [-0.15, -0.1) is 0 Å². The molecule has 0 bridgehead atoms. The molecule has 0 radical (unpaired) electrons. The fourth-order valence-electron chi connectivity index (χ4n) is 2.43. The average Bonchev–Trinajstić information content (AvgIpc) is 3.49. The monoisotopic (exact) mass is 346 g/mol. The van der Waals surface area contributed by atoms with Crippen LogP contribution >= 0.6 is 0 Å². The number of carboxylic acid groups (broad SMARTS) is 1. The summed E-state index contributed by atoms with van der Waals surface area (Å²) >= 11 is 0. The minimum atomic E-state index is -1.27. The molecular weight excluding hydrogens is 324 g/mol. The van der Waals surface area contributed by atoms with Gasteiger partial charge in [0.1, 0.15) is 12.3 Å². The number of carbonyl (C=O) groups excluding carboxylic acids is 2. The van der Waals surface area contributed by atoms with Crippen LogP contribution in [0.4, 0.5) is 16.2 Å². The zero-order valence-corrected chi connectivity index (χ0v) is 14.0. The number of aldehydes is 1. The van der Waals surface area contributed by atoms with E-state index in [4.69, 9.17) is 0 Å². The minimum absolute atomic E-state index is 0.181. The Morgan fingerprint density at radius 3 is 2.48 bits per heavy atom. The van der Waals surface area contributed by atoms with Crippen LogP contribution in [0.2, 0.25) is 0 Å². The van der Waals surface area contributed by atoms with Crippen LogP contribution in [0.3, 0.4) is 0 Å². The van der Waals surface area contributed by atoms with Crippen LogP contribution in [-0.4, -0.2) is 46.5 Å². The van der Waals surface area contributed by atoms with Gasteiger partial charge in [-0.25, -0.2) is 9.80 Å². The Morgan fingerprint density at radius 1 is 1.24 bits per heavy atom. The molecule has 0 spiro atoms. The highest BCUT2D eigenvalue weighted by Gasteiger charge is 2.29. The maximum Gasteiger partial charge on any atom is 0.426 e. The van der Waals surface area contributed by atoms with Crippen LogP contribution in [0.25, 0.3) is 0 Å². The molecule has 2 amide bonds. The molecule has 1 atom stereocenters. The number of hydrogen-bond donors (Lipinski definition) is 4. The molecule has 1 aromatic rings. The average molecular weight is 346 g/mol. The predicted molar refractivity (Wildman–Crippen MR) is 92.6 cm³/mol. The Bertz CT molecular complexity index is 685. The summed E-state index contributed by atoms with van der Waals surface area (Å²) in [6.45, 7) is 1.48. The van der Waals surface area contributed by atoms with Gasteiger partial charge >= 0.3 is 6.09 Å². The topological polar surface area (TPSA) is 111 Å². The molecule has 2 fully saturated rings. The molecule has 0 aliphatic heterocycles. The molecule has 2 aliphatic carbocycles. The van der Waals surface area contributed by atoms with E-state index in [0.29, 0.717) is 23.2 Å². The molecule has 25 heavy (non-hydrogen) atoms. The van der Waals surface area contributed by atoms with Gasteiger partial charge in [-0.05, 0) is 44.7 Å². The number of carbonyl (C=O) groups is 3. The van der Waals surface area contributed by atoms with Gasteiger partial charge in [0.25, 0.3) is 5.91 Å². The smallest absolute Gasteiger partial charge is 0.426 e. The minimum Gasteiger partial charge on any atom is -0.464 e. The number of hydrogen-bond acceptors (Lipinski definition) is 5. The van der Waals surface area contributed by atoms with Crippen LogP contribution in [-0.2, 0) is 4.79 Å². The van der Waals surface area contributed by atoms with Crippen molar-refractivity contribution in [1.29, 1.82) is 0 Å². The molecule has 2 aliphatic rings. The first-order valence-corrected chi connectivity index (χ1v) is 8.44. The molecular formula is C17H22N4O4. The Hall–Kier alpha value is -2.77. The maximum atomic E-state index is 12.5. The number of rotatable bonds is 8. The number of hydrazine groups is 1. The van der Waals surface area contributed by atoms with E-state index in [1.165, 1.54) is 6.92 Å². The van der Waals surface area contributed by atoms with E-state index in [0.717, 1.165) is 30.7 Å². The second-order valence-electron chi connectivity index (χ2n) is 6.54. The number of benzene rings is 1. The van der Waals surface area contributed by atoms with Crippen LogP contribution in [0, 0.1) is 0 Å². The molecule has 2 saturated carbocycles. The highest BCUT2D eigenvalue weighted by molar-refractivity contribution is 6.03. The zero-order valence-electron chi connectivity index (χ0n) is 14.0. The summed E-state index contributed by atoms with van der Waals surface area (Å²) in [7, 11) is 0. The third-order valence-corrected chi connectivity index (χ3v) is 4.20. The molecule has 0 saturated heterocycles. The van der Waals surface area contributed by atoms with E-state index < -0.39 is 12.1 Å². The van der Waals surface area contributed by atoms with Crippen LogP contribution in [0.15, 0.2) is 18.2 Å². The highest BCUT2D eigenvalue weighted by Crippen LogP contribution is 2.33. The molecule has 3 rings (SSSR count). The lowest BCUT2D eigenvalue weighted by molar-refractivity contribution is -0.111. The number of nitrogens with zero attached hydrogens (tertiary/aromatic N) is 1. The predicted octanol–water partition coefficient (Wildman–Crippen LogP) is 2.05. The number of para-hydroxylation sites is 1. The summed E-state index contributed by atoms with van der Waals surface area (Å²) in [6, 6.07) is 4.72. The van der Waals surface area contributed by atoms with Crippen molar-refractivity contribution >= 4 is 29.7 Å². The van der Waals surface area contributed by atoms with Gasteiger partial charge in [-0.3, -0.25) is 10.2 Å². The summed E-state index contributed by atoms with van der Waals surface area (Å²) in [5.41, 5.74) is 4.23. The van der Waals surface area contributed by atoms with Crippen molar-refractivity contribution in [3.05, 3.63) is 23.8 Å².